The number of hydrogen-bond acceptors (Lipinski definition) is 5. The van der Waals surface area contributed by atoms with Crippen molar-refractivity contribution in [2.75, 3.05) is 7.11 Å². The first-order valence-electron chi connectivity index (χ1n) is 3.61. The molecule has 15 heavy (non-hydrogen) atoms. The smallest absolute Gasteiger partial charge is 1.00 e. The van der Waals surface area contributed by atoms with Crippen LogP contribution in [0.1, 0.15) is 1.43 Å². The molecule has 0 aliphatic rings. The summed E-state index contributed by atoms with van der Waals surface area (Å²) in [4.78, 5) is 9.79. The SMILES string of the molecule is COc1cccc(S(=O)(=O)OC=O)c1.[H-].[Na+]. The molecule has 0 N–H and O–H groups in total. The Kier molecular flexibility index (Phi) is 5.89. The molecule has 5 nitrogen and oxygen atoms in total. The third-order valence-corrected chi connectivity index (χ3v) is 2.66. The van der Waals surface area contributed by atoms with Crippen molar-refractivity contribution in [3.8, 4) is 5.75 Å². The van der Waals surface area contributed by atoms with Gasteiger partial charge in [0.2, 0.25) is 0 Å². The van der Waals surface area contributed by atoms with E-state index in [1.807, 2.05) is 0 Å². The predicted octanol–water partition coefficient (Wildman–Crippen LogP) is -2.33. The Morgan fingerprint density at radius 3 is 2.60 bits per heavy atom. The van der Waals surface area contributed by atoms with Crippen LogP contribution in [0.5, 0.6) is 5.75 Å². The Bertz CT molecular complexity index is 434. The molecule has 0 amide bonds. The van der Waals surface area contributed by atoms with Crippen LogP contribution < -0.4 is 34.3 Å². The number of benzene rings is 1. The van der Waals surface area contributed by atoms with Gasteiger partial charge in [0.1, 0.15) is 10.6 Å². The molecule has 0 aromatic heterocycles. The van der Waals surface area contributed by atoms with Crippen LogP contribution in [-0.2, 0) is 19.1 Å². The van der Waals surface area contributed by atoms with Crippen molar-refractivity contribution in [2.24, 2.45) is 0 Å². The van der Waals surface area contributed by atoms with Crippen molar-refractivity contribution in [1.82, 2.24) is 0 Å². The average molecular weight is 240 g/mol. The monoisotopic (exact) mass is 240 g/mol. The molecule has 0 unspecified atom stereocenters. The molecule has 1 aromatic carbocycles. The zero-order valence-corrected chi connectivity index (χ0v) is 11.2. The van der Waals surface area contributed by atoms with Crippen molar-refractivity contribution < 1.29 is 53.1 Å². The molecule has 0 atom stereocenters. The van der Waals surface area contributed by atoms with Gasteiger partial charge in [-0.25, -0.2) is 0 Å². The summed E-state index contributed by atoms with van der Waals surface area (Å²) < 4.78 is 31.2. The number of carbonyl (C=O) groups excluding carboxylic acids is 1. The summed E-state index contributed by atoms with van der Waals surface area (Å²) in [6, 6.07) is 5.64. The van der Waals surface area contributed by atoms with E-state index >= 15 is 0 Å². The third kappa shape index (κ3) is 3.83. The van der Waals surface area contributed by atoms with Crippen LogP contribution in [0, 0.1) is 0 Å². The van der Waals surface area contributed by atoms with Crippen LogP contribution in [0.15, 0.2) is 29.2 Å². The maximum Gasteiger partial charge on any atom is 1.00 e. The van der Waals surface area contributed by atoms with E-state index in [0.717, 1.165) is 0 Å². The summed E-state index contributed by atoms with van der Waals surface area (Å²) in [7, 11) is -2.58. The molecule has 7 heteroatoms. The standard InChI is InChI=1S/C8H8O5S.Na.H/c1-12-7-3-2-4-8(5-7)14(10,11)13-6-9;;/h2-6H,1H3;;/q;+1;-1. The van der Waals surface area contributed by atoms with Gasteiger partial charge < -0.3 is 10.3 Å². The number of ether oxygens (including phenoxy) is 1. The molecule has 0 saturated heterocycles. The van der Waals surface area contributed by atoms with Crippen LogP contribution in [0.3, 0.4) is 0 Å². The van der Waals surface area contributed by atoms with E-state index in [0.29, 0.717) is 5.75 Å². The summed E-state index contributed by atoms with van der Waals surface area (Å²) >= 11 is 0. The zero-order chi connectivity index (χ0) is 10.6. The second kappa shape index (κ2) is 6.12. The van der Waals surface area contributed by atoms with Gasteiger partial charge in [-0.05, 0) is 12.1 Å². The van der Waals surface area contributed by atoms with Crippen LogP contribution in [0.4, 0.5) is 0 Å². The van der Waals surface area contributed by atoms with E-state index in [4.69, 9.17) is 4.74 Å². The predicted molar refractivity (Wildman–Crippen MR) is 48.4 cm³/mol. The van der Waals surface area contributed by atoms with Gasteiger partial charge in [-0.2, -0.15) is 8.42 Å². The largest absolute Gasteiger partial charge is 1.00 e. The fraction of sp³-hybridized carbons (Fsp3) is 0.125. The molecular weight excluding hydrogens is 231 g/mol. The second-order valence-corrected chi connectivity index (χ2v) is 3.90. The van der Waals surface area contributed by atoms with Crippen molar-refractivity contribution in [3.63, 3.8) is 0 Å². The molecule has 0 heterocycles. The normalized spacial score (nSPS) is 9.93. The van der Waals surface area contributed by atoms with E-state index in [1.165, 1.54) is 25.3 Å². The Morgan fingerprint density at radius 2 is 2.07 bits per heavy atom. The fourth-order valence-electron chi connectivity index (χ4n) is 0.864. The van der Waals surface area contributed by atoms with Gasteiger partial charge in [0.05, 0.1) is 7.11 Å². The molecule has 0 aliphatic heterocycles. The van der Waals surface area contributed by atoms with Gasteiger partial charge in [-0.1, -0.05) is 6.07 Å². The Balaban J connectivity index is 0. The van der Waals surface area contributed by atoms with Gasteiger partial charge >= 0.3 is 46.1 Å². The van der Waals surface area contributed by atoms with Gasteiger partial charge in [0, 0.05) is 6.07 Å². The molecule has 78 valence electrons. The summed E-state index contributed by atoms with van der Waals surface area (Å²) in [6.07, 6.45) is 0. The third-order valence-electron chi connectivity index (χ3n) is 1.50. The molecule has 0 fully saturated rings. The van der Waals surface area contributed by atoms with Gasteiger partial charge in [0.15, 0.2) is 0 Å². The summed E-state index contributed by atoms with van der Waals surface area (Å²) in [5, 5.41) is 0. The minimum absolute atomic E-state index is 0. The van der Waals surface area contributed by atoms with E-state index in [1.54, 1.807) is 6.07 Å². The van der Waals surface area contributed by atoms with Crippen molar-refractivity contribution in [2.45, 2.75) is 4.90 Å². The van der Waals surface area contributed by atoms with Crippen LogP contribution in [0.25, 0.3) is 0 Å². The van der Waals surface area contributed by atoms with Crippen molar-refractivity contribution in [3.05, 3.63) is 24.3 Å². The quantitative estimate of drug-likeness (QED) is 0.335. The van der Waals surface area contributed by atoms with E-state index < -0.39 is 10.1 Å². The first-order valence-corrected chi connectivity index (χ1v) is 5.02. The summed E-state index contributed by atoms with van der Waals surface area (Å²) in [5.74, 6) is 0.376. The molecule has 1 rings (SSSR count). The Hall–Kier alpha value is -0.560. The zero-order valence-electron chi connectivity index (χ0n) is 9.34. The van der Waals surface area contributed by atoms with Crippen LogP contribution in [-0.4, -0.2) is 22.0 Å². The van der Waals surface area contributed by atoms with Crippen molar-refractivity contribution in [1.29, 1.82) is 0 Å². The van der Waals surface area contributed by atoms with Crippen LogP contribution >= 0.6 is 0 Å². The topological polar surface area (TPSA) is 69.7 Å². The van der Waals surface area contributed by atoms with Gasteiger partial charge in [-0.15, -0.1) is 0 Å². The molecule has 1 aromatic rings. The maximum atomic E-state index is 11.2. The Labute approximate surface area is 111 Å². The average Bonchev–Trinajstić information content (AvgIpc) is 2.18. The first kappa shape index (κ1) is 14.4. The van der Waals surface area contributed by atoms with Crippen molar-refractivity contribution >= 4 is 16.6 Å². The van der Waals surface area contributed by atoms with E-state index in [2.05, 4.69) is 4.18 Å². The summed E-state index contributed by atoms with van der Waals surface area (Å²) in [6.45, 7) is -0.130. The Morgan fingerprint density at radius 1 is 1.40 bits per heavy atom. The molecule has 0 radical (unpaired) electrons. The summed E-state index contributed by atoms with van der Waals surface area (Å²) in [5.41, 5.74) is 0. The molecule has 0 aliphatic carbocycles. The second-order valence-electron chi connectivity index (χ2n) is 2.33. The number of rotatable bonds is 4. The minimum atomic E-state index is -3.99. The molecule has 0 saturated carbocycles. The fourth-order valence-corrected chi connectivity index (χ4v) is 1.58. The molecule has 0 spiro atoms. The van der Waals surface area contributed by atoms with Gasteiger partial charge in [-0.3, -0.25) is 4.79 Å². The van der Waals surface area contributed by atoms with E-state index in [9.17, 15) is 13.2 Å². The van der Waals surface area contributed by atoms with Gasteiger partial charge in [0.25, 0.3) is 0 Å². The minimum Gasteiger partial charge on any atom is -1.00 e. The van der Waals surface area contributed by atoms with E-state index in [-0.39, 0.29) is 42.4 Å². The first-order chi connectivity index (χ1) is 6.60. The maximum absolute atomic E-state index is 11.2. The number of methoxy groups -OCH3 is 1. The van der Waals surface area contributed by atoms with Crippen LogP contribution in [0.2, 0.25) is 0 Å². The molecule has 0 bridgehead atoms. The molecular formula is C8H9NaO5S. The number of hydrogen-bond donors (Lipinski definition) is 0. The number of carbonyl (C=O) groups is 1.